The molecule has 5 nitrogen and oxygen atoms in total. The van der Waals surface area contributed by atoms with E-state index in [0.717, 1.165) is 6.54 Å². The molecule has 1 heterocycles. The van der Waals surface area contributed by atoms with Gasteiger partial charge in [0.1, 0.15) is 0 Å². The van der Waals surface area contributed by atoms with E-state index in [9.17, 15) is 0 Å². The average Bonchev–Trinajstić information content (AvgIpc) is 2.74. The summed E-state index contributed by atoms with van der Waals surface area (Å²) in [5.74, 6) is 0.611. The van der Waals surface area contributed by atoms with Crippen molar-refractivity contribution in [3.05, 3.63) is 5.28 Å². The molecule has 0 aliphatic heterocycles. The topological polar surface area (TPSA) is 76.7 Å². The Morgan fingerprint density at radius 1 is 1.35 bits per heavy atom. The third kappa shape index (κ3) is 3.13. The Morgan fingerprint density at radius 2 is 2.06 bits per heavy atom. The number of nitrogens with zero attached hydrogens (tertiary/aromatic N) is 3. The highest BCUT2D eigenvalue weighted by Gasteiger charge is 2.32. The van der Waals surface area contributed by atoms with Crippen molar-refractivity contribution in [2.75, 3.05) is 23.9 Å². The van der Waals surface area contributed by atoms with Gasteiger partial charge < -0.3 is 11.1 Å². The predicted molar refractivity (Wildman–Crippen MR) is 72.5 cm³/mol. The van der Waals surface area contributed by atoms with Crippen molar-refractivity contribution in [2.45, 2.75) is 30.4 Å². The van der Waals surface area contributed by atoms with Crippen molar-refractivity contribution in [1.29, 1.82) is 0 Å². The van der Waals surface area contributed by atoms with E-state index in [4.69, 9.17) is 17.3 Å². The first-order chi connectivity index (χ1) is 8.13. The van der Waals surface area contributed by atoms with Crippen LogP contribution in [0.1, 0.15) is 25.7 Å². The van der Waals surface area contributed by atoms with Crippen LogP contribution in [0.25, 0.3) is 0 Å². The second-order valence-corrected chi connectivity index (χ2v) is 5.85. The number of aromatic nitrogens is 3. The molecular weight excluding hydrogens is 258 g/mol. The largest absolute Gasteiger partial charge is 0.368 e. The molecular formula is C10H16ClN5S. The van der Waals surface area contributed by atoms with Crippen molar-refractivity contribution in [1.82, 2.24) is 15.0 Å². The highest BCUT2D eigenvalue weighted by molar-refractivity contribution is 8.00. The lowest BCUT2D eigenvalue weighted by molar-refractivity contribution is 0.637. The van der Waals surface area contributed by atoms with Crippen LogP contribution in [-0.4, -0.2) is 32.5 Å². The van der Waals surface area contributed by atoms with Gasteiger partial charge in [0, 0.05) is 11.3 Å². The van der Waals surface area contributed by atoms with Crippen LogP contribution in [0.3, 0.4) is 0 Å². The molecule has 0 unspecified atom stereocenters. The van der Waals surface area contributed by atoms with E-state index in [1.54, 1.807) is 0 Å². The molecule has 0 radical (unpaired) electrons. The van der Waals surface area contributed by atoms with E-state index in [1.165, 1.54) is 25.7 Å². The molecule has 0 atom stereocenters. The Labute approximate surface area is 110 Å². The molecule has 0 bridgehead atoms. The number of nitrogen functional groups attached to an aromatic ring is 1. The van der Waals surface area contributed by atoms with Gasteiger partial charge in [-0.25, -0.2) is 0 Å². The number of hydrogen-bond acceptors (Lipinski definition) is 6. The van der Waals surface area contributed by atoms with Gasteiger partial charge in [0.2, 0.25) is 17.2 Å². The molecule has 0 spiro atoms. The molecule has 2 rings (SSSR count). The maximum absolute atomic E-state index is 5.73. The van der Waals surface area contributed by atoms with E-state index in [2.05, 4.69) is 26.5 Å². The van der Waals surface area contributed by atoms with Crippen LogP contribution >= 0.6 is 23.4 Å². The lowest BCUT2D eigenvalue weighted by Crippen LogP contribution is -2.30. The van der Waals surface area contributed by atoms with Crippen LogP contribution in [0, 0.1) is 0 Å². The predicted octanol–water partition coefficient (Wildman–Crippen LogP) is 2.19. The quantitative estimate of drug-likeness (QED) is 0.876. The summed E-state index contributed by atoms with van der Waals surface area (Å²) in [5.41, 5.74) is 5.52. The van der Waals surface area contributed by atoms with Gasteiger partial charge in [-0.2, -0.15) is 26.7 Å². The molecule has 1 aliphatic rings. The Kier molecular flexibility index (Phi) is 3.93. The number of nitrogens with one attached hydrogen (secondary N) is 1. The summed E-state index contributed by atoms with van der Waals surface area (Å²) >= 11 is 7.64. The molecule has 94 valence electrons. The number of thioether (sulfide) groups is 1. The minimum absolute atomic E-state index is 0.129. The fraction of sp³-hybridized carbons (Fsp3) is 0.700. The Balaban J connectivity index is 2.01. The first-order valence-corrected chi connectivity index (χ1v) is 7.20. The highest BCUT2D eigenvalue weighted by atomic mass is 35.5. The number of nitrogens with two attached hydrogens (primary N) is 1. The van der Waals surface area contributed by atoms with E-state index in [0.29, 0.717) is 10.7 Å². The molecule has 7 heteroatoms. The monoisotopic (exact) mass is 273 g/mol. The van der Waals surface area contributed by atoms with Gasteiger partial charge in [0.15, 0.2) is 0 Å². The fourth-order valence-electron chi connectivity index (χ4n) is 2.16. The summed E-state index contributed by atoms with van der Waals surface area (Å²) in [4.78, 5) is 11.7. The SMILES string of the molecule is CSC1(CNc2nc(N)nc(Cl)n2)CCCC1. The van der Waals surface area contributed by atoms with Crippen LogP contribution in [0.2, 0.25) is 5.28 Å². The summed E-state index contributed by atoms with van der Waals surface area (Å²) < 4.78 is 0.299. The zero-order valence-electron chi connectivity index (χ0n) is 9.74. The van der Waals surface area contributed by atoms with E-state index in [1.807, 2.05) is 11.8 Å². The molecule has 0 saturated heterocycles. The van der Waals surface area contributed by atoms with Gasteiger partial charge in [-0.15, -0.1) is 0 Å². The number of halogens is 1. The van der Waals surface area contributed by atoms with Gasteiger partial charge in [-0.1, -0.05) is 12.8 Å². The molecule has 1 saturated carbocycles. The first kappa shape index (κ1) is 12.7. The smallest absolute Gasteiger partial charge is 0.228 e. The zero-order valence-corrected chi connectivity index (χ0v) is 11.3. The lowest BCUT2D eigenvalue weighted by atomic mass is 10.1. The van der Waals surface area contributed by atoms with Gasteiger partial charge in [0.25, 0.3) is 0 Å². The second-order valence-electron chi connectivity index (χ2n) is 4.23. The third-order valence-electron chi connectivity index (χ3n) is 3.14. The van der Waals surface area contributed by atoms with Gasteiger partial charge in [-0.3, -0.25) is 0 Å². The van der Waals surface area contributed by atoms with Crippen LogP contribution < -0.4 is 11.1 Å². The van der Waals surface area contributed by atoms with E-state index in [-0.39, 0.29) is 11.2 Å². The normalized spacial score (nSPS) is 18.2. The average molecular weight is 274 g/mol. The van der Waals surface area contributed by atoms with Crippen molar-refractivity contribution < 1.29 is 0 Å². The molecule has 0 aromatic carbocycles. The minimum Gasteiger partial charge on any atom is -0.368 e. The Hall–Kier alpha value is -0.750. The van der Waals surface area contributed by atoms with Crippen molar-refractivity contribution in [3.63, 3.8) is 0 Å². The fourth-order valence-corrected chi connectivity index (χ4v) is 3.24. The summed E-state index contributed by atoms with van der Waals surface area (Å²) in [6, 6.07) is 0. The Bertz CT molecular complexity index is 374. The summed E-state index contributed by atoms with van der Waals surface area (Å²) in [6.45, 7) is 0.841. The zero-order chi connectivity index (χ0) is 12.3. The van der Waals surface area contributed by atoms with Crippen LogP contribution in [0.15, 0.2) is 0 Å². The Morgan fingerprint density at radius 3 is 2.65 bits per heavy atom. The molecule has 1 aromatic heterocycles. The van der Waals surface area contributed by atoms with Gasteiger partial charge >= 0.3 is 0 Å². The van der Waals surface area contributed by atoms with Crippen LogP contribution in [0.5, 0.6) is 0 Å². The number of hydrogen-bond donors (Lipinski definition) is 2. The van der Waals surface area contributed by atoms with Crippen LogP contribution in [-0.2, 0) is 0 Å². The third-order valence-corrected chi connectivity index (χ3v) is 4.73. The molecule has 1 aliphatic carbocycles. The first-order valence-electron chi connectivity index (χ1n) is 5.60. The summed E-state index contributed by atoms with van der Waals surface area (Å²) in [7, 11) is 0. The summed E-state index contributed by atoms with van der Waals surface area (Å²) in [6.07, 6.45) is 7.21. The van der Waals surface area contributed by atoms with Crippen molar-refractivity contribution in [2.24, 2.45) is 0 Å². The number of anilines is 2. The van der Waals surface area contributed by atoms with Gasteiger partial charge in [-0.05, 0) is 30.7 Å². The molecule has 17 heavy (non-hydrogen) atoms. The van der Waals surface area contributed by atoms with E-state index < -0.39 is 0 Å². The lowest BCUT2D eigenvalue weighted by Gasteiger charge is -2.26. The maximum Gasteiger partial charge on any atom is 0.228 e. The molecule has 3 N–H and O–H groups in total. The molecule has 0 amide bonds. The second kappa shape index (κ2) is 5.27. The van der Waals surface area contributed by atoms with Crippen LogP contribution in [0.4, 0.5) is 11.9 Å². The van der Waals surface area contributed by atoms with Gasteiger partial charge in [0.05, 0.1) is 0 Å². The van der Waals surface area contributed by atoms with Crippen molar-refractivity contribution in [3.8, 4) is 0 Å². The number of rotatable bonds is 4. The highest BCUT2D eigenvalue weighted by Crippen LogP contribution is 2.40. The van der Waals surface area contributed by atoms with Crippen molar-refractivity contribution >= 4 is 35.3 Å². The maximum atomic E-state index is 5.73. The summed E-state index contributed by atoms with van der Waals surface area (Å²) in [5, 5.41) is 3.34. The molecule has 1 fully saturated rings. The standard InChI is InChI=1S/C10H16ClN5S/c1-17-10(4-2-3-5-10)6-13-9-15-7(11)14-8(12)16-9/h2-6H2,1H3,(H3,12,13,14,15,16). The van der Waals surface area contributed by atoms with E-state index >= 15 is 0 Å². The molecule has 1 aromatic rings. The minimum atomic E-state index is 0.129.